The molecule has 1 fully saturated rings. The van der Waals surface area contributed by atoms with Gasteiger partial charge >= 0.3 is 0 Å². The van der Waals surface area contributed by atoms with Crippen molar-refractivity contribution in [1.29, 1.82) is 0 Å². The van der Waals surface area contributed by atoms with Crippen molar-refractivity contribution in [2.45, 2.75) is 18.9 Å². The molecule has 1 N–H and O–H groups in total. The van der Waals surface area contributed by atoms with Gasteiger partial charge in [-0.15, -0.1) is 6.58 Å². The maximum atomic E-state index is 12.2. The number of piperazine rings is 1. The van der Waals surface area contributed by atoms with E-state index in [1.165, 1.54) is 5.69 Å². The Morgan fingerprint density at radius 1 is 1.03 bits per heavy atom. The number of ether oxygens (including phenoxy) is 1. The van der Waals surface area contributed by atoms with Gasteiger partial charge < -0.3 is 19.6 Å². The fourth-order valence-corrected chi connectivity index (χ4v) is 4.39. The van der Waals surface area contributed by atoms with Gasteiger partial charge in [-0.2, -0.15) is 0 Å². The minimum atomic E-state index is -0.561. The Hall–Kier alpha value is -2.83. The number of hydrogen-bond acceptors (Lipinski definition) is 5. The van der Waals surface area contributed by atoms with Crippen LogP contribution in [0.4, 0.5) is 11.4 Å². The number of benzene rings is 2. The van der Waals surface area contributed by atoms with E-state index in [0.717, 1.165) is 43.2 Å². The number of amides is 1. The molecule has 2 aliphatic rings. The van der Waals surface area contributed by atoms with Gasteiger partial charge in [-0.05, 0) is 30.7 Å². The number of aliphatic hydroxyl groups is 1. The highest BCUT2D eigenvalue weighted by atomic mass is 16.5. The summed E-state index contributed by atoms with van der Waals surface area (Å²) >= 11 is 0. The third kappa shape index (κ3) is 5.09. The lowest BCUT2D eigenvalue weighted by atomic mass is 10.00. The van der Waals surface area contributed by atoms with E-state index in [9.17, 15) is 9.90 Å². The molecule has 31 heavy (non-hydrogen) atoms. The first-order valence-corrected chi connectivity index (χ1v) is 11.0. The molecule has 1 atom stereocenters. The summed E-state index contributed by atoms with van der Waals surface area (Å²) in [6.45, 7) is 8.84. The van der Waals surface area contributed by atoms with Crippen molar-refractivity contribution in [2.24, 2.45) is 0 Å². The molecule has 6 nitrogen and oxygen atoms in total. The predicted molar refractivity (Wildman–Crippen MR) is 124 cm³/mol. The van der Waals surface area contributed by atoms with Crippen molar-refractivity contribution in [2.75, 3.05) is 55.7 Å². The van der Waals surface area contributed by atoms with Gasteiger partial charge in [-0.3, -0.25) is 9.69 Å². The van der Waals surface area contributed by atoms with Crippen LogP contribution in [0.15, 0.2) is 61.2 Å². The zero-order valence-electron chi connectivity index (χ0n) is 17.9. The molecule has 1 amide bonds. The first-order chi connectivity index (χ1) is 15.2. The summed E-state index contributed by atoms with van der Waals surface area (Å²) in [7, 11) is 0. The van der Waals surface area contributed by atoms with Crippen LogP contribution in [0.25, 0.3) is 0 Å². The number of rotatable bonds is 8. The minimum absolute atomic E-state index is 0.110. The molecule has 6 heteroatoms. The fourth-order valence-electron chi connectivity index (χ4n) is 4.39. The summed E-state index contributed by atoms with van der Waals surface area (Å²) in [5.74, 6) is 0.867. The Balaban J connectivity index is 1.29. The molecule has 2 aromatic rings. The predicted octanol–water partition coefficient (Wildman–Crippen LogP) is 2.71. The van der Waals surface area contributed by atoms with E-state index in [0.29, 0.717) is 25.9 Å². The first-order valence-electron chi connectivity index (χ1n) is 11.0. The normalized spacial score (nSPS) is 17.9. The van der Waals surface area contributed by atoms with Gasteiger partial charge in [0.05, 0.1) is 5.69 Å². The molecule has 0 spiro atoms. The summed E-state index contributed by atoms with van der Waals surface area (Å²) in [5.41, 5.74) is 3.18. The van der Waals surface area contributed by atoms with Crippen molar-refractivity contribution in [1.82, 2.24) is 4.90 Å². The van der Waals surface area contributed by atoms with Crippen LogP contribution in [0.1, 0.15) is 12.0 Å². The summed E-state index contributed by atoms with van der Waals surface area (Å²) in [4.78, 5) is 18.7. The van der Waals surface area contributed by atoms with Crippen molar-refractivity contribution in [3.8, 4) is 5.75 Å². The van der Waals surface area contributed by atoms with Gasteiger partial charge in [0.25, 0.3) is 0 Å². The van der Waals surface area contributed by atoms with Crippen LogP contribution < -0.4 is 14.5 Å². The Kier molecular flexibility index (Phi) is 6.89. The second kappa shape index (κ2) is 9.98. The topological polar surface area (TPSA) is 56.3 Å². The lowest BCUT2D eigenvalue weighted by Crippen LogP contribution is -2.49. The van der Waals surface area contributed by atoms with Crippen LogP contribution in [-0.2, 0) is 11.2 Å². The number of aliphatic hydroxyl groups excluding tert-OH is 1. The van der Waals surface area contributed by atoms with E-state index in [1.54, 1.807) is 11.0 Å². The molecule has 0 radical (unpaired) electrons. The lowest BCUT2D eigenvalue weighted by molar-refractivity contribution is -0.118. The molecule has 0 bridgehead atoms. The van der Waals surface area contributed by atoms with Gasteiger partial charge in [-0.25, -0.2) is 0 Å². The number of carbonyl (C=O) groups is 1. The molecule has 0 saturated carbocycles. The van der Waals surface area contributed by atoms with Crippen LogP contribution in [0.5, 0.6) is 5.75 Å². The second-order valence-corrected chi connectivity index (χ2v) is 8.13. The summed E-state index contributed by atoms with van der Waals surface area (Å²) < 4.78 is 6.01. The average Bonchev–Trinajstić information content (AvgIpc) is 2.80. The molecule has 0 aliphatic carbocycles. The second-order valence-electron chi connectivity index (χ2n) is 8.13. The number of para-hydroxylation sites is 1. The monoisotopic (exact) mass is 421 g/mol. The zero-order chi connectivity index (χ0) is 21.6. The van der Waals surface area contributed by atoms with Crippen LogP contribution in [0.3, 0.4) is 0 Å². The summed E-state index contributed by atoms with van der Waals surface area (Å²) in [6.07, 6.45) is 2.31. The van der Waals surface area contributed by atoms with Crippen molar-refractivity contribution in [3.63, 3.8) is 0 Å². The Morgan fingerprint density at radius 3 is 2.55 bits per heavy atom. The minimum Gasteiger partial charge on any atom is -0.490 e. The smallest absolute Gasteiger partial charge is 0.227 e. The Morgan fingerprint density at radius 2 is 1.81 bits per heavy atom. The maximum absolute atomic E-state index is 12.2. The van der Waals surface area contributed by atoms with Gasteiger partial charge in [0.1, 0.15) is 18.5 Å². The zero-order valence-corrected chi connectivity index (χ0v) is 17.9. The van der Waals surface area contributed by atoms with Crippen LogP contribution >= 0.6 is 0 Å². The van der Waals surface area contributed by atoms with Gasteiger partial charge in [0.15, 0.2) is 0 Å². The van der Waals surface area contributed by atoms with E-state index in [2.05, 4.69) is 40.6 Å². The quantitative estimate of drug-likeness (QED) is 0.665. The fraction of sp³-hybridized carbons (Fsp3) is 0.400. The molecule has 4 rings (SSSR count). The van der Waals surface area contributed by atoms with Crippen molar-refractivity contribution < 1.29 is 14.6 Å². The largest absolute Gasteiger partial charge is 0.490 e. The number of anilines is 2. The molecule has 1 unspecified atom stereocenters. The van der Waals surface area contributed by atoms with E-state index in [-0.39, 0.29) is 12.5 Å². The molecule has 2 aliphatic heterocycles. The van der Waals surface area contributed by atoms with E-state index < -0.39 is 6.10 Å². The number of nitrogens with zero attached hydrogens (tertiary/aromatic N) is 3. The highest BCUT2D eigenvalue weighted by Crippen LogP contribution is 2.34. The summed E-state index contributed by atoms with van der Waals surface area (Å²) in [5, 5.41) is 10.6. The molecule has 1 saturated heterocycles. The Labute approximate surface area is 184 Å². The van der Waals surface area contributed by atoms with Gasteiger partial charge in [-0.1, -0.05) is 30.3 Å². The molecular formula is C25H31N3O3. The highest BCUT2D eigenvalue weighted by Gasteiger charge is 2.26. The lowest BCUT2D eigenvalue weighted by Gasteiger charge is -2.37. The van der Waals surface area contributed by atoms with Gasteiger partial charge in [0, 0.05) is 56.9 Å². The number of fused-ring (bicyclic) bond motifs is 1. The third-order valence-electron chi connectivity index (χ3n) is 5.99. The van der Waals surface area contributed by atoms with Crippen LogP contribution in [-0.4, -0.2) is 67.9 Å². The molecule has 2 heterocycles. The third-order valence-corrected chi connectivity index (χ3v) is 5.99. The SMILES string of the molecule is C=CCN1C(=O)CCc2c(OCC(O)CN3CCN(c4ccccc4)CC3)cccc21. The molecule has 164 valence electrons. The number of β-amino-alcohol motifs (C(OH)–C–C–N with tert-alkyl or cyclic N) is 1. The van der Waals surface area contributed by atoms with E-state index in [1.807, 2.05) is 24.3 Å². The van der Waals surface area contributed by atoms with Crippen molar-refractivity contribution in [3.05, 3.63) is 66.7 Å². The van der Waals surface area contributed by atoms with Crippen LogP contribution in [0, 0.1) is 0 Å². The highest BCUT2D eigenvalue weighted by molar-refractivity contribution is 5.97. The van der Waals surface area contributed by atoms with Gasteiger partial charge in [0.2, 0.25) is 5.91 Å². The van der Waals surface area contributed by atoms with Crippen LogP contribution in [0.2, 0.25) is 0 Å². The van der Waals surface area contributed by atoms with Crippen molar-refractivity contribution >= 4 is 17.3 Å². The maximum Gasteiger partial charge on any atom is 0.227 e. The Bertz CT molecular complexity index is 894. The number of hydrogen-bond donors (Lipinski definition) is 1. The standard InChI is InChI=1S/C25H31N3O3/c1-2-13-28-23-9-6-10-24(22(23)11-12-25(28)30)31-19-21(29)18-26-14-16-27(17-15-26)20-7-4-3-5-8-20/h2-10,21,29H,1,11-19H2. The molecular weight excluding hydrogens is 390 g/mol. The number of carbonyl (C=O) groups excluding carboxylic acids is 1. The first kappa shape index (κ1) is 21.4. The average molecular weight is 422 g/mol. The van der Waals surface area contributed by atoms with E-state index in [4.69, 9.17) is 4.74 Å². The molecule has 0 aromatic heterocycles. The molecule has 2 aromatic carbocycles. The van der Waals surface area contributed by atoms with E-state index >= 15 is 0 Å². The summed E-state index contributed by atoms with van der Waals surface area (Å²) in [6, 6.07) is 16.2.